The fourth-order valence-corrected chi connectivity index (χ4v) is 3.51. The SMILES string of the molecule is CCOC(=O)C1CCC2C(=O)c3cccn3C2CC1. The van der Waals surface area contributed by atoms with Gasteiger partial charge in [0.05, 0.1) is 18.2 Å². The van der Waals surface area contributed by atoms with Crippen molar-refractivity contribution in [2.45, 2.75) is 38.6 Å². The van der Waals surface area contributed by atoms with E-state index in [9.17, 15) is 9.59 Å². The van der Waals surface area contributed by atoms with Crippen LogP contribution in [0, 0.1) is 11.8 Å². The average Bonchev–Trinajstić information content (AvgIpc) is 2.87. The molecule has 3 atom stereocenters. The molecule has 3 rings (SSSR count). The first-order valence-corrected chi connectivity index (χ1v) is 7.10. The van der Waals surface area contributed by atoms with Crippen LogP contribution in [0.1, 0.15) is 49.1 Å². The molecule has 0 aromatic carbocycles. The Bertz CT molecular complexity index is 505. The summed E-state index contributed by atoms with van der Waals surface area (Å²) < 4.78 is 7.21. The molecular weight excluding hydrogens is 242 g/mol. The topological polar surface area (TPSA) is 48.3 Å². The summed E-state index contributed by atoms with van der Waals surface area (Å²) in [5.74, 6) is 0.190. The molecule has 0 saturated heterocycles. The second-order valence-corrected chi connectivity index (χ2v) is 5.44. The largest absolute Gasteiger partial charge is 0.466 e. The van der Waals surface area contributed by atoms with Crippen LogP contribution in [0.3, 0.4) is 0 Å². The number of aromatic nitrogens is 1. The van der Waals surface area contributed by atoms with E-state index >= 15 is 0 Å². The smallest absolute Gasteiger partial charge is 0.308 e. The number of Topliss-reactive ketones (excluding diaryl/α,β-unsaturated/α-hetero) is 1. The van der Waals surface area contributed by atoms with Crippen LogP contribution in [0.15, 0.2) is 18.3 Å². The fraction of sp³-hybridized carbons (Fsp3) is 0.600. The van der Waals surface area contributed by atoms with Crippen molar-refractivity contribution >= 4 is 11.8 Å². The van der Waals surface area contributed by atoms with Gasteiger partial charge < -0.3 is 9.30 Å². The lowest BCUT2D eigenvalue weighted by molar-refractivity contribution is -0.148. The predicted molar refractivity (Wildman–Crippen MR) is 69.9 cm³/mol. The lowest BCUT2D eigenvalue weighted by atomic mass is 9.93. The molecule has 3 unspecified atom stereocenters. The molecule has 102 valence electrons. The lowest BCUT2D eigenvalue weighted by Crippen LogP contribution is -2.17. The minimum Gasteiger partial charge on any atom is -0.466 e. The van der Waals surface area contributed by atoms with Crippen molar-refractivity contribution in [1.82, 2.24) is 4.57 Å². The minimum atomic E-state index is -0.0948. The summed E-state index contributed by atoms with van der Waals surface area (Å²) in [6.07, 6.45) is 5.28. The maximum absolute atomic E-state index is 12.3. The van der Waals surface area contributed by atoms with Gasteiger partial charge in [-0.1, -0.05) is 0 Å². The first-order valence-electron chi connectivity index (χ1n) is 7.10. The van der Waals surface area contributed by atoms with Crippen LogP contribution in [-0.4, -0.2) is 22.9 Å². The van der Waals surface area contributed by atoms with E-state index in [1.165, 1.54) is 0 Å². The number of rotatable bonds is 2. The monoisotopic (exact) mass is 261 g/mol. The normalized spacial score (nSPS) is 29.5. The molecule has 4 heteroatoms. The summed E-state index contributed by atoms with van der Waals surface area (Å²) in [5.41, 5.74) is 0.838. The van der Waals surface area contributed by atoms with Gasteiger partial charge in [0.25, 0.3) is 0 Å². The predicted octanol–water partition coefficient (Wildman–Crippen LogP) is 2.60. The summed E-state index contributed by atoms with van der Waals surface area (Å²) in [5, 5.41) is 0. The van der Waals surface area contributed by atoms with E-state index in [0.29, 0.717) is 6.61 Å². The Balaban J connectivity index is 1.77. The number of carbonyl (C=O) groups is 2. The van der Waals surface area contributed by atoms with Crippen LogP contribution in [0.25, 0.3) is 0 Å². The third-order valence-electron chi connectivity index (χ3n) is 4.45. The maximum atomic E-state index is 12.3. The highest BCUT2D eigenvalue weighted by Crippen LogP contribution is 2.42. The Hall–Kier alpha value is -1.58. The Morgan fingerprint density at radius 2 is 2.16 bits per heavy atom. The number of ketones is 1. The zero-order chi connectivity index (χ0) is 13.4. The number of ether oxygens (including phenoxy) is 1. The number of fused-ring (bicyclic) bond motifs is 3. The van der Waals surface area contributed by atoms with Gasteiger partial charge in [0, 0.05) is 18.2 Å². The van der Waals surface area contributed by atoms with E-state index < -0.39 is 0 Å². The average molecular weight is 261 g/mol. The van der Waals surface area contributed by atoms with Crippen LogP contribution in [0.2, 0.25) is 0 Å². The lowest BCUT2D eigenvalue weighted by Gasteiger charge is -2.16. The second kappa shape index (κ2) is 4.83. The Labute approximate surface area is 112 Å². The maximum Gasteiger partial charge on any atom is 0.308 e. The van der Waals surface area contributed by atoms with Crippen LogP contribution in [0.4, 0.5) is 0 Å². The van der Waals surface area contributed by atoms with Crippen LogP contribution < -0.4 is 0 Å². The number of hydrogen-bond donors (Lipinski definition) is 0. The standard InChI is InChI=1S/C15H19NO3/c1-2-19-15(18)10-5-7-11-12(8-6-10)16-9-3-4-13(16)14(11)17/h3-4,9-12H,2,5-8H2,1H3. The number of nitrogens with zero attached hydrogens (tertiary/aromatic N) is 1. The summed E-state index contributed by atoms with van der Waals surface area (Å²) in [7, 11) is 0. The fourth-order valence-electron chi connectivity index (χ4n) is 3.51. The van der Waals surface area contributed by atoms with Gasteiger partial charge in [0.1, 0.15) is 0 Å². The van der Waals surface area contributed by atoms with Crippen LogP contribution >= 0.6 is 0 Å². The molecule has 0 radical (unpaired) electrons. The molecule has 1 aromatic rings. The van der Waals surface area contributed by atoms with Gasteiger partial charge in [-0.05, 0) is 44.7 Å². The van der Waals surface area contributed by atoms with E-state index in [-0.39, 0.29) is 29.6 Å². The van der Waals surface area contributed by atoms with Crippen LogP contribution in [0.5, 0.6) is 0 Å². The van der Waals surface area contributed by atoms with Crippen molar-refractivity contribution in [3.63, 3.8) is 0 Å². The Morgan fingerprint density at radius 1 is 1.37 bits per heavy atom. The highest BCUT2D eigenvalue weighted by Gasteiger charge is 2.41. The summed E-state index contributed by atoms with van der Waals surface area (Å²) in [6, 6.07) is 4.08. The van der Waals surface area contributed by atoms with Crippen molar-refractivity contribution in [2.24, 2.45) is 11.8 Å². The highest BCUT2D eigenvalue weighted by atomic mass is 16.5. The third-order valence-corrected chi connectivity index (χ3v) is 4.45. The Morgan fingerprint density at radius 3 is 2.95 bits per heavy atom. The second-order valence-electron chi connectivity index (χ2n) is 5.44. The Kier molecular flexibility index (Phi) is 3.17. The number of hydrogen-bond acceptors (Lipinski definition) is 3. The first kappa shape index (κ1) is 12.5. The zero-order valence-corrected chi connectivity index (χ0v) is 11.2. The molecule has 1 aliphatic heterocycles. The number of carbonyl (C=O) groups excluding carboxylic acids is 2. The number of esters is 1. The molecule has 1 aliphatic carbocycles. The molecule has 0 bridgehead atoms. The molecule has 19 heavy (non-hydrogen) atoms. The van der Waals surface area contributed by atoms with E-state index in [1.807, 2.05) is 25.3 Å². The molecule has 0 amide bonds. The summed E-state index contributed by atoms with van der Waals surface area (Å²) in [4.78, 5) is 24.1. The zero-order valence-electron chi connectivity index (χ0n) is 11.2. The van der Waals surface area contributed by atoms with Gasteiger partial charge in [0.2, 0.25) is 0 Å². The van der Waals surface area contributed by atoms with E-state index in [2.05, 4.69) is 4.57 Å². The third kappa shape index (κ3) is 1.99. The quantitative estimate of drug-likeness (QED) is 0.769. The molecule has 2 aliphatic rings. The summed E-state index contributed by atoms with van der Waals surface area (Å²) in [6.45, 7) is 2.27. The first-order chi connectivity index (χ1) is 9.22. The van der Waals surface area contributed by atoms with Gasteiger partial charge in [0.15, 0.2) is 5.78 Å². The highest BCUT2D eigenvalue weighted by molar-refractivity contribution is 5.99. The molecule has 2 heterocycles. The molecule has 0 spiro atoms. The van der Waals surface area contributed by atoms with Gasteiger partial charge in [-0.15, -0.1) is 0 Å². The molecule has 0 N–H and O–H groups in total. The van der Waals surface area contributed by atoms with E-state index in [0.717, 1.165) is 31.4 Å². The van der Waals surface area contributed by atoms with Gasteiger partial charge in [-0.2, -0.15) is 0 Å². The van der Waals surface area contributed by atoms with Crippen molar-refractivity contribution in [3.05, 3.63) is 24.0 Å². The molecule has 1 aromatic heterocycles. The van der Waals surface area contributed by atoms with E-state index in [1.54, 1.807) is 0 Å². The molecule has 4 nitrogen and oxygen atoms in total. The van der Waals surface area contributed by atoms with E-state index in [4.69, 9.17) is 4.74 Å². The molecule has 1 saturated carbocycles. The van der Waals surface area contributed by atoms with Gasteiger partial charge in [-0.25, -0.2) is 0 Å². The molecular formula is C15H19NO3. The van der Waals surface area contributed by atoms with Crippen LogP contribution in [-0.2, 0) is 9.53 Å². The van der Waals surface area contributed by atoms with Crippen molar-refractivity contribution in [3.8, 4) is 0 Å². The van der Waals surface area contributed by atoms with Crippen molar-refractivity contribution in [2.75, 3.05) is 6.61 Å². The molecule has 1 fully saturated rings. The summed E-state index contributed by atoms with van der Waals surface area (Å²) >= 11 is 0. The van der Waals surface area contributed by atoms with Gasteiger partial charge in [-0.3, -0.25) is 9.59 Å². The van der Waals surface area contributed by atoms with Crippen molar-refractivity contribution in [1.29, 1.82) is 0 Å². The minimum absolute atomic E-state index is 0.0302. The van der Waals surface area contributed by atoms with Gasteiger partial charge >= 0.3 is 5.97 Å². The van der Waals surface area contributed by atoms with Crippen molar-refractivity contribution < 1.29 is 14.3 Å².